The van der Waals surface area contributed by atoms with Gasteiger partial charge in [-0.1, -0.05) is 6.92 Å². The smallest absolute Gasteiger partial charge is 0.256 e. The Morgan fingerprint density at radius 1 is 1.55 bits per heavy atom. The van der Waals surface area contributed by atoms with Gasteiger partial charge in [-0.15, -0.1) is 0 Å². The van der Waals surface area contributed by atoms with Crippen LogP contribution in [0.1, 0.15) is 30.1 Å². The van der Waals surface area contributed by atoms with E-state index >= 15 is 0 Å². The molecule has 110 valence electrons. The first kappa shape index (κ1) is 14.8. The van der Waals surface area contributed by atoms with Crippen LogP contribution in [0, 0.1) is 0 Å². The van der Waals surface area contributed by atoms with Crippen LogP contribution in [0.3, 0.4) is 0 Å². The summed E-state index contributed by atoms with van der Waals surface area (Å²) in [5.41, 5.74) is 1.57. The van der Waals surface area contributed by atoms with Crippen LogP contribution < -0.4 is 5.32 Å². The van der Waals surface area contributed by atoms with E-state index in [0.29, 0.717) is 6.04 Å². The normalized spacial score (nSPS) is 18.6. The van der Waals surface area contributed by atoms with Crippen LogP contribution in [0.2, 0.25) is 0 Å². The predicted octanol–water partition coefficient (Wildman–Crippen LogP) is 1.68. The zero-order valence-electron chi connectivity index (χ0n) is 12.6. The van der Waals surface area contributed by atoms with Crippen molar-refractivity contribution in [3.8, 4) is 0 Å². The fourth-order valence-corrected chi connectivity index (χ4v) is 2.50. The molecule has 1 aromatic rings. The van der Waals surface area contributed by atoms with Gasteiger partial charge < -0.3 is 15.1 Å². The van der Waals surface area contributed by atoms with Crippen molar-refractivity contribution in [2.45, 2.75) is 25.8 Å². The van der Waals surface area contributed by atoms with Crippen molar-refractivity contribution in [3.63, 3.8) is 0 Å². The Morgan fingerprint density at radius 2 is 2.35 bits per heavy atom. The van der Waals surface area contributed by atoms with Crippen molar-refractivity contribution in [2.75, 3.05) is 39.0 Å². The van der Waals surface area contributed by atoms with Crippen LogP contribution in [0.5, 0.6) is 0 Å². The molecule has 1 aliphatic heterocycles. The minimum Gasteiger partial charge on any atom is -0.383 e. The first-order valence-corrected chi connectivity index (χ1v) is 7.27. The largest absolute Gasteiger partial charge is 0.383 e. The molecule has 0 bridgehead atoms. The first-order valence-electron chi connectivity index (χ1n) is 7.27. The maximum atomic E-state index is 12.6. The highest BCUT2D eigenvalue weighted by Crippen LogP contribution is 2.20. The Morgan fingerprint density at radius 3 is 3.00 bits per heavy atom. The zero-order chi connectivity index (χ0) is 14.5. The van der Waals surface area contributed by atoms with E-state index in [4.69, 9.17) is 0 Å². The molecule has 2 rings (SSSR count). The molecule has 2 heterocycles. The number of nitrogens with one attached hydrogen (secondary N) is 1. The van der Waals surface area contributed by atoms with Gasteiger partial charge in [-0.25, -0.2) is 0 Å². The number of pyridine rings is 1. The summed E-state index contributed by atoms with van der Waals surface area (Å²) in [5, 5.41) is 3.28. The summed E-state index contributed by atoms with van der Waals surface area (Å²) in [4.78, 5) is 20.9. The maximum absolute atomic E-state index is 12.6. The van der Waals surface area contributed by atoms with Gasteiger partial charge in [0.1, 0.15) is 0 Å². The third-order valence-corrected chi connectivity index (χ3v) is 3.80. The molecule has 0 saturated carbocycles. The Balaban J connectivity index is 2.09. The van der Waals surface area contributed by atoms with Crippen LogP contribution in [0.4, 0.5) is 5.69 Å². The van der Waals surface area contributed by atoms with Gasteiger partial charge in [0.25, 0.3) is 5.91 Å². The lowest BCUT2D eigenvalue weighted by Crippen LogP contribution is -2.34. The van der Waals surface area contributed by atoms with Crippen LogP contribution in [0.15, 0.2) is 18.5 Å². The highest BCUT2D eigenvalue weighted by molar-refractivity contribution is 5.99. The molecule has 1 aromatic heterocycles. The molecule has 1 unspecified atom stereocenters. The number of carbonyl (C=O) groups excluding carboxylic acids is 1. The fraction of sp³-hybridized carbons (Fsp3) is 0.600. The number of hydrogen-bond acceptors (Lipinski definition) is 4. The Kier molecular flexibility index (Phi) is 4.95. The lowest BCUT2D eigenvalue weighted by atomic mass is 10.2. The lowest BCUT2D eigenvalue weighted by Gasteiger charge is -2.21. The average Bonchev–Trinajstić information content (AvgIpc) is 2.94. The number of carbonyl (C=O) groups is 1. The van der Waals surface area contributed by atoms with Crippen molar-refractivity contribution in [2.24, 2.45) is 0 Å². The topological polar surface area (TPSA) is 48.5 Å². The summed E-state index contributed by atoms with van der Waals surface area (Å²) in [6.07, 6.45) is 5.49. The maximum Gasteiger partial charge on any atom is 0.256 e. The van der Waals surface area contributed by atoms with E-state index in [1.807, 2.05) is 11.0 Å². The van der Waals surface area contributed by atoms with Gasteiger partial charge in [0.15, 0.2) is 0 Å². The molecule has 5 heteroatoms. The van der Waals surface area contributed by atoms with Gasteiger partial charge >= 0.3 is 0 Å². The molecule has 0 aliphatic carbocycles. The van der Waals surface area contributed by atoms with E-state index in [0.717, 1.165) is 43.7 Å². The molecule has 1 saturated heterocycles. The van der Waals surface area contributed by atoms with Crippen molar-refractivity contribution >= 4 is 11.6 Å². The highest BCUT2D eigenvalue weighted by Gasteiger charge is 2.29. The molecule has 1 amide bonds. The van der Waals surface area contributed by atoms with E-state index < -0.39 is 0 Å². The highest BCUT2D eigenvalue weighted by atomic mass is 16.2. The summed E-state index contributed by atoms with van der Waals surface area (Å²) in [7, 11) is 4.14. The van der Waals surface area contributed by atoms with Crippen molar-refractivity contribution < 1.29 is 4.79 Å². The minimum absolute atomic E-state index is 0.107. The van der Waals surface area contributed by atoms with Gasteiger partial charge in [0.05, 0.1) is 17.4 Å². The number of hydrogen-bond donors (Lipinski definition) is 1. The number of likely N-dealkylation sites (tertiary alicyclic amines) is 1. The summed E-state index contributed by atoms with van der Waals surface area (Å²) < 4.78 is 0. The minimum atomic E-state index is 0.107. The van der Waals surface area contributed by atoms with E-state index in [1.165, 1.54) is 0 Å². The number of anilines is 1. The van der Waals surface area contributed by atoms with Gasteiger partial charge in [0, 0.05) is 31.9 Å². The lowest BCUT2D eigenvalue weighted by molar-refractivity contribution is 0.0784. The second-order valence-corrected chi connectivity index (χ2v) is 5.51. The molecular weight excluding hydrogens is 252 g/mol. The number of nitrogens with zero attached hydrogens (tertiary/aromatic N) is 3. The van der Waals surface area contributed by atoms with Gasteiger partial charge in [-0.2, -0.15) is 0 Å². The van der Waals surface area contributed by atoms with Crippen LogP contribution >= 0.6 is 0 Å². The number of rotatable bonds is 5. The Bertz CT molecular complexity index is 461. The number of amides is 1. The molecule has 20 heavy (non-hydrogen) atoms. The van der Waals surface area contributed by atoms with E-state index in [-0.39, 0.29) is 5.91 Å². The van der Waals surface area contributed by atoms with E-state index in [2.05, 4.69) is 36.2 Å². The van der Waals surface area contributed by atoms with E-state index in [1.54, 1.807) is 12.4 Å². The standard InChI is InChI=1S/C15H24N4O/c1-4-7-17-14-10-16-8-5-13(14)15(20)19-9-6-12(11-19)18(2)3/h5,8,10,12,17H,4,6-7,9,11H2,1-3H3. The second-order valence-electron chi connectivity index (χ2n) is 5.51. The molecular formula is C15H24N4O. The van der Waals surface area contributed by atoms with Crippen LogP contribution in [-0.4, -0.2) is 60.5 Å². The first-order chi connectivity index (χ1) is 9.63. The Hall–Kier alpha value is -1.62. The summed E-state index contributed by atoms with van der Waals surface area (Å²) >= 11 is 0. The molecule has 0 spiro atoms. The third-order valence-electron chi connectivity index (χ3n) is 3.80. The third kappa shape index (κ3) is 3.28. The van der Waals surface area contributed by atoms with Crippen LogP contribution in [0.25, 0.3) is 0 Å². The molecule has 1 atom stereocenters. The van der Waals surface area contributed by atoms with Gasteiger partial charge in [-0.05, 0) is 33.0 Å². The molecule has 1 fully saturated rings. The van der Waals surface area contributed by atoms with Gasteiger partial charge in [-0.3, -0.25) is 9.78 Å². The zero-order valence-corrected chi connectivity index (χ0v) is 12.6. The summed E-state index contributed by atoms with van der Waals surface area (Å²) in [5.74, 6) is 0.107. The van der Waals surface area contributed by atoms with Gasteiger partial charge in [0.2, 0.25) is 0 Å². The number of aromatic nitrogens is 1. The molecule has 1 N–H and O–H groups in total. The van der Waals surface area contributed by atoms with Crippen molar-refractivity contribution in [1.29, 1.82) is 0 Å². The molecule has 1 aliphatic rings. The number of likely N-dealkylation sites (N-methyl/N-ethyl adjacent to an activating group) is 1. The average molecular weight is 276 g/mol. The van der Waals surface area contributed by atoms with Crippen LogP contribution in [-0.2, 0) is 0 Å². The predicted molar refractivity (Wildman–Crippen MR) is 81.0 cm³/mol. The quantitative estimate of drug-likeness (QED) is 0.889. The summed E-state index contributed by atoms with van der Waals surface area (Å²) in [6, 6.07) is 2.27. The monoisotopic (exact) mass is 276 g/mol. The molecule has 5 nitrogen and oxygen atoms in total. The Labute approximate surface area is 121 Å². The van der Waals surface area contributed by atoms with E-state index in [9.17, 15) is 4.79 Å². The molecule has 0 radical (unpaired) electrons. The van der Waals surface area contributed by atoms with Crippen molar-refractivity contribution in [1.82, 2.24) is 14.8 Å². The van der Waals surface area contributed by atoms with Crippen molar-refractivity contribution in [3.05, 3.63) is 24.0 Å². The fourth-order valence-electron chi connectivity index (χ4n) is 2.50. The summed E-state index contributed by atoms with van der Waals surface area (Å²) in [6.45, 7) is 4.60. The SMILES string of the molecule is CCCNc1cnccc1C(=O)N1CCC(N(C)C)C1. The molecule has 0 aromatic carbocycles. The second kappa shape index (κ2) is 6.70.